The normalized spacial score (nSPS) is 17.8. The first-order valence-electron chi connectivity index (χ1n) is 14.3. The Hall–Kier alpha value is -2.39. The van der Waals surface area contributed by atoms with Gasteiger partial charge in [0.25, 0.3) is 5.91 Å². The lowest BCUT2D eigenvalue weighted by atomic mass is 9.91. The number of rotatable bonds is 11. The number of nitrogens with one attached hydrogen (secondary N) is 2. The van der Waals surface area contributed by atoms with E-state index in [1.807, 2.05) is 24.0 Å². The summed E-state index contributed by atoms with van der Waals surface area (Å²) in [5.74, 6) is 0.396. The molecule has 236 valence electrons. The molecule has 2 aliphatic rings. The Morgan fingerprint density at radius 2 is 1.61 bits per heavy atom. The van der Waals surface area contributed by atoms with Gasteiger partial charge < -0.3 is 25.0 Å². The minimum Gasteiger partial charge on any atom is -0.490 e. The number of hydrogen-bond acceptors (Lipinski definition) is 5. The summed E-state index contributed by atoms with van der Waals surface area (Å²) in [4.78, 5) is 28.9. The summed E-state index contributed by atoms with van der Waals surface area (Å²) in [5.41, 5.74) is 2.25. The van der Waals surface area contributed by atoms with Crippen molar-refractivity contribution in [2.24, 2.45) is 5.92 Å². The first-order valence-corrected chi connectivity index (χ1v) is 15.8. The fourth-order valence-electron chi connectivity index (χ4n) is 5.21. The van der Waals surface area contributed by atoms with E-state index in [4.69, 9.17) is 55.9 Å². The van der Waals surface area contributed by atoms with Crippen molar-refractivity contribution in [2.45, 2.75) is 44.8 Å². The molecule has 1 saturated heterocycles. The summed E-state index contributed by atoms with van der Waals surface area (Å²) >= 11 is 25.1. The second-order valence-corrected chi connectivity index (χ2v) is 12.5. The molecule has 3 aromatic carbocycles. The van der Waals surface area contributed by atoms with E-state index >= 15 is 0 Å². The van der Waals surface area contributed by atoms with Crippen LogP contribution < -0.4 is 20.1 Å². The van der Waals surface area contributed by atoms with Crippen LogP contribution in [0.25, 0.3) is 0 Å². The van der Waals surface area contributed by atoms with Crippen molar-refractivity contribution in [1.29, 1.82) is 0 Å². The molecule has 1 aliphatic heterocycles. The van der Waals surface area contributed by atoms with Crippen LogP contribution in [-0.4, -0.2) is 55.1 Å². The first kappa shape index (κ1) is 34.5. The molecule has 3 aromatic rings. The largest absolute Gasteiger partial charge is 0.490 e. The number of carbonyl (C=O) groups excluding carboxylic acids is 2. The van der Waals surface area contributed by atoms with E-state index in [-0.39, 0.29) is 49.5 Å². The zero-order valence-corrected chi connectivity index (χ0v) is 27.9. The molecule has 2 N–H and O–H groups in total. The topological polar surface area (TPSA) is 79.9 Å². The number of halogens is 5. The molecule has 44 heavy (non-hydrogen) atoms. The van der Waals surface area contributed by atoms with Gasteiger partial charge in [-0.15, -0.1) is 12.4 Å². The summed E-state index contributed by atoms with van der Waals surface area (Å²) in [5, 5.41) is 8.26. The molecule has 1 unspecified atom stereocenters. The summed E-state index contributed by atoms with van der Waals surface area (Å²) in [6.45, 7) is 4.01. The summed E-state index contributed by atoms with van der Waals surface area (Å²) in [7, 11) is 0. The van der Waals surface area contributed by atoms with Gasteiger partial charge in [-0.25, -0.2) is 0 Å². The SMILES string of the molecule is Cc1cc(Cl)c(OCCOc2ccc(C(=O)N[C@H]3CCNCC3C(=O)N(Cc3cccc(Cl)c3Cl)C3CC3)cc2)c(Cl)c1.Cl. The predicted molar refractivity (Wildman–Crippen MR) is 178 cm³/mol. The van der Waals surface area contributed by atoms with Gasteiger partial charge in [0.15, 0.2) is 5.75 Å². The van der Waals surface area contributed by atoms with Crippen LogP contribution in [0.3, 0.4) is 0 Å². The number of amides is 2. The van der Waals surface area contributed by atoms with Crippen LogP contribution in [0.15, 0.2) is 54.6 Å². The average molecular weight is 702 g/mol. The number of ether oxygens (including phenoxy) is 2. The smallest absolute Gasteiger partial charge is 0.251 e. The van der Waals surface area contributed by atoms with E-state index < -0.39 is 5.92 Å². The van der Waals surface area contributed by atoms with Crippen LogP contribution in [0, 0.1) is 12.8 Å². The molecule has 2 amide bonds. The van der Waals surface area contributed by atoms with Gasteiger partial charge in [0.05, 0.1) is 26.0 Å². The van der Waals surface area contributed by atoms with E-state index in [0.717, 1.165) is 24.0 Å². The standard InChI is InChI=1S/C32H33Cl4N3O4.ClH/c1-19-15-26(34)30(27(35)16-19)43-14-13-42-23-9-5-20(6-10-23)31(40)38-28-11-12-37-17-24(28)32(41)39(22-7-8-22)18-21-3-2-4-25(33)29(21)36;/h2-6,9-10,15-16,22,24,28,37H,7-8,11-14,17-18H2,1H3,(H,38,40);1H/t24?,28-;/m0./s1. The Morgan fingerprint density at radius 3 is 2.30 bits per heavy atom. The van der Waals surface area contributed by atoms with Crippen molar-refractivity contribution in [3.05, 3.63) is 91.4 Å². The maximum Gasteiger partial charge on any atom is 0.251 e. The van der Waals surface area contributed by atoms with Crippen LogP contribution in [-0.2, 0) is 11.3 Å². The zero-order valence-electron chi connectivity index (χ0n) is 24.1. The van der Waals surface area contributed by atoms with Gasteiger partial charge in [-0.3, -0.25) is 9.59 Å². The lowest BCUT2D eigenvalue weighted by molar-refractivity contribution is -0.138. The minimum atomic E-state index is -0.394. The van der Waals surface area contributed by atoms with E-state index in [9.17, 15) is 9.59 Å². The number of benzene rings is 3. The van der Waals surface area contributed by atoms with E-state index in [0.29, 0.717) is 63.2 Å². The fourth-order valence-corrected chi connectivity index (χ4v) is 6.30. The third-order valence-corrected chi connectivity index (χ3v) is 9.04. The highest BCUT2D eigenvalue weighted by Crippen LogP contribution is 2.35. The highest BCUT2D eigenvalue weighted by atomic mass is 35.5. The van der Waals surface area contributed by atoms with Crippen LogP contribution in [0.5, 0.6) is 11.5 Å². The number of nitrogens with zero attached hydrogens (tertiary/aromatic N) is 1. The molecular weight excluding hydrogens is 668 g/mol. The fraction of sp³-hybridized carbons (Fsp3) is 0.375. The Morgan fingerprint density at radius 1 is 0.932 bits per heavy atom. The van der Waals surface area contributed by atoms with Crippen LogP contribution in [0.4, 0.5) is 0 Å². The van der Waals surface area contributed by atoms with Crippen molar-refractivity contribution in [3.8, 4) is 11.5 Å². The summed E-state index contributed by atoms with van der Waals surface area (Å²) in [6, 6.07) is 15.8. The molecule has 0 radical (unpaired) electrons. The lowest BCUT2D eigenvalue weighted by Gasteiger charge is -2.36. The Bertz CT molecular complexity index is 1450. The van der Waals surface area contributed by atoms with Crippen molar-refractivity contribution in [3.63, 3.8) is 0 Å². The van der Waals surface area contributed by atoms with Crippen molar-refractivity contribution >= 4 is 70.6 Å². The highest BCUT2D eigenvalue weighted by molar-refractivity contribution is 6.42. The molecule has 0 bridgehead atoms. The van der Waals surface area contributed by atoms with Crippen molar-refractivity contribution in [2.75, 3.05) is 26.3 Å². The first-order chi connectivity index (χ1) is 20.7. The van der Waals surface area contributed by atoms with Gasteiger partial charge in [-0.05, 0) is 86.3 Å². The maximum atomic E-state index is 13.8. The van der Waals surface area contributed by atoms with Gasteiger partial charge in [0.2, 0.25) is 5.91 Å². The quantitative estimate of drug-likeness (QED) is 0.204. The van der Waals surface area contributed by atoms with Crippen molar-refractivity contribution < 1.29 is 19.1 Å². The molecule has 12 heteroatoms. The van der Waals surface area contributed by atoms with Gasteiger partial charge >= 0.3 is 0 Å². The molecule has 1 aliphatic carbocycles. The molecule has 0 spiro atoms. The third-order valence-electron chi connectivity index (χ3n) is 7.62. The number of piperidine rings is 1. The average Bonchev–Trinajstić information content (AvgIpc) is 3.83. The highest BCUT2D eigenvalue weighted by Gasteiger charge is 2.40. The Kier molecular flexibility index (Phi) is 12.3. The zero-order chi connectivity index (χ0) is 30.5. The molecule has 0 aromatic heterocycles. The van der Waals surface area contributed by atoms with Gasteiger partial charge in [0, 0.05) is 30.7 Å². The lowest BCUT2D eigenvalue weighted by Crippen LogP contribution is -2.55. The van der Waals surface area contributed by atoms with Gasteiger partial charge in [0.1, 0.15) is 19.0 Å². The molecule has 7 nitrogen and oxygen atoms in total. The molecule has 2 fully saturated rings. The van der Waals surface area contributed by atoms with E-state index in [2.05, 4.69) is 10.6 Å². The van der Waals surface area contributed by atoms with E-state index in [1.165, 1.54) is 0 Å². The third kappa shape index (κ3) is 8.65. The van der Waals surface area contributed by atoms with Gasteiger partial charge in [-0.2, -0.15) is 0 Å². The monoisotopic (exact) mass is 699 g/mol. The Labute approximate surface area is 283 Å². The van der Waals surface area contributed by atoms with Crippen molar-refractivity contribution in [1.82, 2.24) is 15.5 Å². The molecular formula is C32H34Cl5N3O4. The second-order valence-electron chi connectivity index (χ2n) is 10.9. The summed E-state index contributed by atoms with van der Waals surface area (Å²) in [6.07, 6.45) is 2.55. The maximum absolute atomic E-state index is 13.8. The number of hydrogen-bond donors (Lipinski definition) is 2. The number of carbonyl (C=O) groups is 2. The second kappa shape index (κ2) is 15.7. The minimum absolute atomic E-state index is 0. The van der Waals surface area contributed by atoms with Crippen LogP contribution in [0.1, 0.15) is 40.7 Å². The molecule has 1 heterocycles. The van der Waals surface area contributed by atoms with E-state index in [1.54, 1.807) is 42.5 Å². The molecule has 1 saturated carbocycles. The molecule has 5 rings (SSSR count). The Balaban J connectivity index is 0.00000442. The summed E-state index contributed by atoms with van der Waals surface area (Å²) < 4.78 is 11.5. The molecule has 2 atom stereocenters. The number of aryl methyl sites for hydroxylation is 1. The predicted octanol–water partition coefficient (Wildman–Crippen LogP) is 7.39. The van der Waals surface area contributed by atoms with Crippen LogP contribution in [0.2, 0.25) is 20.1 Å². The van der Waals surface area contributed by atoms with Gasteiger partial charge in [-0.1, -0.05) is 58.5 Å². The van der Waals surface area contributed by atoms with Crippen LogP contribution >= 0.6 is 58.8 Å².